The van der Waals surface area contributed by atoms with Gasteiger partial charge in [-0.1, -0.05) is 39.2 Å². The van der Waals surface area contributed by atoms with Gasteiger partial charge in [0.25, 0.3) is 0 Å². The molecule has 29 heavy (non-hydrogen) atoms. The molecule has 1 unspecified atom stereocenters. The standard InChI is InChI=1S/C21H36O5.C2H4O/c1-2-3-9-17(23)10-7-8-16-13-14-19(24)18(16)11-5-4-6-12-20(25)21(26)15-22;1-2-3/h12,16-18,22-23,25H,2-11,13-15H2,1H3;2-3H,1H2/t16-,17?,18+;/m0./s1. The molecule has 4 N–H and O–H groups in total. The van der Waals surface area contributed by atoms with Gasteiger partial charge in [-0.25, -0.2) is 0 Å². The number of unbranched alkanes of at least 4 members (excludes halogenated alkanes) is 3. The maximum atomic E-state index is 12.1. The Morgan fingerprint density at radius 1 is 1.21 bits per heavy atom. The van der Waals surface area contributed by atoms with Crippen LogP contribution in [0.4, 0.5) is 0 Å². The minimum absolute atomic E-state index is 0.138. The number of hydrogen-bond donors (Lipinski definition) is 4. The van der Waals surface area contributed by atoms with Crippen LogP contribution in [0.15, 0.2) is 24.7 Å². The molecule has 6 heteroatoms. The Kier molecular flexibility index (Phi) is 16.2. The fraction of sp³-hybridized carbons (Fsp3) is 0.739. The molecular formula is C23H40O6. The van der Waals surface area contributed by atoms with Crippen LogP contribution in [0.1, 0.15) is 84.0 Å². The van der Waals surface area contributed by atoms with Crippen molar-refractivity contribution < 1.29 is 30.0 Å². The Balaban J connectivity index is 0.00000245. The van der Waals surface area contributed by atoms with Crippen molar-refractivity contribution in [3.63, 3.8) is 0 Å². The zero-order chi connectivity index (χ0) is 22.1. The van der Waals surface area contributed by atoms with Crippen molar-refractivity contribution in [1.29, 1.82) is 0 Å². The molecule has 1 aliphatic rings. The van der Waals surface area contributed by atoms with Crippen LogP contribution in [0, 0.1) is 11.8 Å². The number of rotatable bonds is 14. The third kappa shape index (κ3) is 12.5. The summed E-state index contributed by atoms with van der Waals surface area (Å²) in [5.41, 5.74) is 0. The van der Waals surface area contributed by atoms with E-state index in [4.69, 9.17) is 10.2 Å². The van der Waals surface area contributed by atoms with Gasteiger partial charge in [0.2, 0.25) is 5.78 Å². The van der Waals surface area contributed by atoms with E-state index < -0.39 is 12.4 Å². The summed E-state index contributed by atoms with van der Waals surface area (Å²) in [4.78, 5) is 23.2. The van der Waals surface area contributed by atoms with Crippen molar-refractivity contribution in [3.05, 3.63) is 24.7 Å². The van der Waals surface area contributed by atoms with E-state index in [-0.39, 0.29) is 17.8 Å². The molecule has 1 saturated carbocycles. The van der Waals surface area contributed by atoms with Crippen LogP contribution in [-0.4, -0.2) is 44.7 Å². The number of hydrogen-bond acceptors (Lipinski definition) is 6. The Labute approximate surface area is 175 Å². The predicted molar refractivity (Wildman–Crippen MR) is 115 cm³/mol. The average Bonchev–Trinajstić information content (AvgIpc) is 3.05. The first-order chi connectivity index (χ1) is 13.9. The molecule has 0 saturated heterocycles. The lowest BCUT2D eigenvalue weighted by Gasteiger charge is -2.19. The van der Waals surface area contributed by atoms with Crippen molar-refractivity contribution in [1.82, 2.24) is 0 Å². The van der Waals surface area contributed by atoms with Crippen molar-refractivity contribution in [3.8, 4) is 0 Å². The minimum Gasteiger partial charge on any atom is -0.516 e. The molecule has 0 spiro atoms. The van der Waals surface area contributed by atoms with Crippen LogP contribution in [-0.2, 0) is 9.59 Å². The molecule has 6 nitrogen and oxygen atoms in total. The lowest BCUT2D eigenvalue weighted by Crippen LogP contribution is -2.16. The van der Waals surface area contributed by atoms with Gasteiger partial charge in [-0.15, -0.1) is 0 Å². The first-order valence-electron chi connectivity index (χ1n) is 10.9. The number of carbonyl (C=O) groups excluding carboxylic acids is 2. The highest BCUT2D eigenvalue weighted by molar-refractivity contribution is 5.93. The van der Waals surface area contributed by atoms with E-state index in [2.05, 4.69) is 13.5 Å². The number of carbonyl (C=O) groups is 2. The van der Waals surface area contributed by atoms with Gasteiger partial charge < -0.3 is 20.4 Å². The maximum absolute atomic E-state index is 12.1. The minimum atomic E-state index is -0.673. The van der Waals surface area contributed by atoms with Gasteiger partial charge in [-0.05, 0) is 56.9 Å². The Morgan fingerprint density at radius 3 is 2.48 bits per heavy atom. The summed E-state index contributed by atoms with van der Waals surface area (Å²) < 4.78 is 0. The van der Waals surface area contributed by atoms with Crippen LogP contribution in [0.5, 0.6) is 0 Å². The maximum Gasteiger partial charge on any atom is 0.221 e. The molecule has 1 fully saturated rings. The number of aliphatic hydroxyl groups excluding tert-OH is 4. The molecule has 0 bridgehead atoms. The Morgan fingerprint density at radius 2 is 1.86 bits per heavy atom. The zero-order valence-electron chi connectivity index (χ0n) is 17.9. The van der Waals surface area contributed by atoms with E-state index in [1.165, 1.54) is 6.08 Å². The number of allylic oxidation sites excluding steroid dienone is 1. The summed E-state index contributed by atoms with van der Waals surface area (Å²) in [6.45, 7) is 4.37. The predicted octanol–water partition coefficient (Wildman–Crippen LogP) is 4.55. The third-order valence-electron chi connectivity index (χ3n) is 5.48. The monoisotopic (exact) mass is 412 g/mol. The second-order valence-electron chi connectivity index (χ2n) is 7.74. The lowest BCUT2D eigenvalue weighted by atomic mass is 9.86. The SMILES string of the molecule is C=CO.CCCCC(O)CCC[C@H]1CCC(=O)[C@@H]1CCCCC=C(O)C(=O)CO. The molecule has 1 rings (SSSR count). The van der Waals surface area contributed by atoms with Crippen LogP contribution in [0.2, 0.25) is 0 Å². The lowest BCUT2D eigenvalue weighted by molar-refractivity contribution is -0.121. The fourth-order valence-electron chi connectivity index (χ4n) is 3.86. The van der Waals surface area contributed by atoms with Gasteiger partial charge in [-0.2, -0.15) is 0 Å². The number of aliphatic hydroxyl groups is 4. The first-order valence-corrected chi connectivity index (χ1v) is 10.9. The average molecular weight is 413 g/mol. The summed E-state index contributed by atoms with van der Waals surface area (Å²) in [6, 6.07) is 0. The summed E-state index contributed by atoms with van der Waals surface area (Å²) in [5.74, 6) is -0.0725. The fourth-order valence-corrected chi connectivity index (χ4v) is 3.86. The summed E-state index contributed by atoms with van der Waals surface area (Å²) in [6.07, 6.45) is 12.7. The molecule has 0 aromatic heterocycles. The van der Waals surface area contributed by atoms with Crippen molar-refractivity contribution in [2.45, 2.75) is 90.1 Å². The second-order valence-corrected chi connectivity index (χ2v) is 7.74. The van der Waals surface area contributed by atoms with Gasteiger partial charge in [0, 0.05) is 12.3 Å². The molecule has 0 amide bonds. The molecular weight excluding hydrogens is 372 g/mol. The van der Waals surface area contributed by atoms with Crippen LogP contribution in [0.3, 0.4) is 0 Å². The van der Waals surface area contributed by atoms with Gasteiger partial charge >= 0.3 is 0 Å². The van der Waals surface area contributed by atoms with Crippen molar-refractivity contribution >= 4 is 11.6 Å². The summed E-state index contributed by atoms with van der Waals surface area (Å²) in [7, 11) is 0. The second kappa shape index (κ2) is 17.2. The molecule has 0 aromatic rings. The quantitative estimate of drug-likeness (QED) is 0.189. The highest BCUT2D eigenvalue weighted by Gasteiger charge is 2.33. The van der Waals surface area contributed by atoms with Gasteiger partial charge in [-0.3, -0.25) is 9.59 Å². The van der Waals surface area contributed by atoms with Crippen LogP contribution in [0.25, 0.3) is 0 Å². The smallest absolute Gasteiger partial charge is 0.221 e. The van der Waals surface area contributed by atoms with E-state index in [0.29, 0.717) is 24.5 Å². The van der Waals surface area contributed by atoms with Crippen LogP contribution >= 0.6 is 0 Å². The molecule has 0 heterocycles. The van der Waals surface area contributed by atoms with E-state index in [0.717, 1.165) is 70.5 Å². The Hall–Kier alpha value is -1.66. The van der Waals surface area contributed by atoms with E-state index in [1.807, 2.05) is 0 Å². The molecule has 1 aliphatic carbocycles. The Bertz CT molecular complexity index is 500. The van der Waals surface area contributed by atoms with Gasteiger partial charge in [0.1, 0.15) is 12.4 Å². The third-order valence-corrected chi connectivity index (χ3v) is 5.48. The number of Topliss-reactive ketones (excluding diaryl/α,β-unsaturated/α-hetero) is 2. The molecule has 0 aromatic carbocycles. The van der Waals surface area contributed by atoms with Gasteiger partial charge in [0.05, 0.1) is 12.4 Å². The topological polar surface area (TPSA) is 115 Å². The summed E-state index contributed by atoms with van der Waals surface area (Å²) >= 11 is 0. The van der Waals surface area contributed by atoms with Crippen LogP contribution < -0.4 is 0 Å². The van der Waals surface area contributed by atoms with Gasteiger partial charge in [0.15, 0.2) is 5.76 Å². The van der Waals surface area contributed by atoms with Crippen molar-refractivity contribution in [2.24, 2.45) is 11.8 Å². The molecule has 168 valence electrons. The first kappa shape index (κ1) is 27.3. The van der Waals surface area contributed by atoms with E-state index in [1.54, 1.807) is 0 Å². The summed E-state index contributed by atoms with van der Waals surface area (Å²) in [5, 5.41) is 35.3. The molecule has 3 atom stereocenters. The number of ketones is 2. The highest BCUT2D eigenvalue weighted by Crippen LogP contribution is 2.36. The van der Waals surface area contributed by atoms with E-state index >= 15 is 0 Å². The zero-order valence-corrected chi connectivity index (χ0v) is 17.9. The largest absolute Gasteiger partial charge is 0.516 e. The molecule has 0 radical (unpaired) electrons. The normalized spacial score (nSPS) is 20.1. The highest BCUT2D eigenvalue weighted by atomic mass is 16.3. The van der Waals surface area contributed by atoms with Crippen molar-refractivity contribution in [2.75, 3.05) is 6.61 Å². The van der Waals surface area contributed by atoms with E-state index in [9.17, 15) is 19.8 Å². The molecule has 0 aliphatic heterocycles.